The molecule has 1 aromatic rings. The van der Waals surface area contributed by atoms with Gasteiger partial charge in [-0.05, 0) is 25.0 Å². The standard InChI is InChI=1S/C14H16FNO4/c15-10-6-3-7-11(17)13(10)14(20)16(8-12(18)19)9-4-1-2-5-9/h3,6-7,9,17H,1-2,4-5,8H2,(H,18,19). The number of phenolic OH excluding ortho intramolecular Hbond substituents is 1. The maximum absolute atomic E-state index is 13.7. The number of carboxylic acids is 1. The third-order valence-corrected chi connectivity index (χ3v) is 3.54. The quantitative estimate of drug-likeness (QED) is 0.884. The Morgan fingerprint density at radius 3 is 2.50 bits per heavy atom. The molecular weight excluding hydrogens is 265 g/mol. The summed E-state index contributed by atoms with van der Waals surface area (Å²) in [6.07, 6.45) is 3.23. The average molecular weight is 281 g/mol. The first-order valence-electron chi connectivity index (χ1n) is 6.51. The Kier molecular flexibility index (Phi) is 4.22. The third kappa shape index (κ3) is 2.89. The summed E-state index contributed by atoms with van der Waals surface area (Å²) in [6, 6.07) is 3.36. The second-order valence-electron chi connectivity index (χ2n) is 4.90. The van der Waals surface area contributed by atoms with Crippen LogP contribution in [0.1, 0.15) is 36.0 Å². The van der Waals surface area contributed by atoms with Crippen LogP contribution in [0.15, 0.2) is 18.2 Å². The normalized spacial score (nSPS) is 15.2. The molecule has 5 nitrogen and oxygen atoms in total. The molecule has 0 bridgehead atoms. The summed E-state index contributed by atoms with van der Waals surface area (Å²) in [6.45, 7) is -0.489. The molecule has 1 fully saturated rings. The molecule has 2 rings (SSSR count). The molecule has 20 heavy (non-hydrogen) atoms. The first-order chi connectivity index (χ1) is 9.50. The number of halogens is 1. The fourth-order valence-electron chi connectivity index (χ4n) is 2.60. The lowest BCUT2D eigenvalue weighted by molar-refractivity contribution is -0.138. The molecule has 1 aliphatic rings. The van der Waals surface area contributed by atoms with Gasteiger partial charge in [-0.15, -0.1) is 0 Å². The second kappa shape index (κ2) is 5.90. The molecule has 0 unspecified atom stereocenters. The van der Waals surface area contributed by atoms with E-state index in [2.05, 4.69) is 0 Å². The van der Waals surface area contributed by atoms with Crippen molar-refractivity contribution in [2.75, 3.05) is 6.54 Å². The summed E-state index contributed by atoms with van der Waals surface area (Å²) in [5, 5.41) is 18.6. The van der Waals surface area contributed by atoms with Crippen LogP contribution < -0.4 is 0 Å². The van der Waals surface area contributed by atoms with Crippen LogP contribution in [0.25, 0.3) is 0 Å². The molecular formula is C14H16FNO4. The van der Waals surface area contributed by atoms with E-state index < -0.39 is 35.6 Å². The molecule has 108 valence electrons. The summed E-state index contributed by atoms with van der Waals surface area (Å²) >= 11 is 0. The Hall–Kier alpha value is -2.11. The minimum absolute atomic E-state index is 0.211. The van der Waals surface area contributed by atoms with E-state index in [0.29, 0.717) is 12.8 Å². The lowest BCUT2D eigenvalue weighted by atomic mass is 10.1. The predicted octanol–water partition coefficient (Wildman–Crippen LogP) is 2.00. The van der Waals surface area contributed by atoms with Crippen LogP contribution in [0.3, 0.4) is 0 Å². The van der Waals surface area contributed by atoms with Crippen LogP contribution in [-0.4, -0.2) is 39.6 Å². The number of amides is 1. The van der Waals surface area contributed by atoms with Gasteiger partial charge in [0.2, 0.25) is 0 Å². The number of benzene rings is 1. The minimum Gasteiger partial charge on any atom is -0.507 e. The third-order valence-electron chi connectivity index (χ3n) is 3.54. The van der Waals surface area contributed by atoms with E-state index in [1.807, 2.05) is 0 Å². The molecule has 2 N–H and O–H groups in total. The van der Waals surface area contributed by atoms with Crippen molar-refractivity contribution in [3.63, 3.8) is 0 Å². The number of hydrogen-bond acceptors (Lipinski definition) is 3. The van der Waals surface area contributed by atoms with Gasteiger partial charge in [0, 0.05) is 6.04 Å². The minimum atomic E-state index is -1.15. The maximum Gasteiger partial charge on any atom is 0.323 e. The Bertz CT molecular complexity index is 506. The summed E-state index contributed by atoms with van der Waals surface area (Å²) in [5.41, 5.74) is -0.458. The lowest BCUT2D eigenvalue weighted by Gasteiger charge is -2.27. The van der Waals surface area contributed by atoms with Crippen molar-refractivity contribution in [3.8, 4) is 5.75 Å². The molecule has 6 heteroatoms. The number of carboxylic acid groups (broad SMARTS) is 1. The largest absolute Gasteiger partial charge is 0.507 e. The van der Waals surface area contributed by atoms with Gasteiger partial charge >= 0.3 is 5.97 Å². The monoisotopic (exact) mass is 281 g/mol. The highest BCUT2D eigenvalue weighted by Crippen LogP contribution is 2.28. The van der Waals surface area contributed by atoms with Crippen LogP contribution in [0.5, 0.6) is 5.75 Å². The zero-order chi connectivity index (χ0) is 14.7. The Labute approximate surface area is 115 Å². The van der Waals surface area contributed by atoms with E-state index in [1.165, 1.54) is 12.1 Å². The smallest absolute Gasteiger partial charge is 0.323 e. The van der Waals surface area contributed by atoms with E-state index in [4.69, 9.17) is 5.11 Å². The SMILES string of the molecule is O=C(O)CN(C(=O)c1c(O)cccc1F)C1CCCC1. The number of rotatable bonds is 4. The van der Waals surface area contributed by atoms with Crippen molar-refractivity contribution >= 4 is 11.9 Å². The maximum atomic E-state index is 13.7. The van der Waals surface area contributed by atoms with E-state index >= 15 is 0 Å². The Morgan fingerprint density at radius 2 is 1.95 bits per heavy atom. The molecule has 0 heterocycles. The molecule has 0 spiro atoms. The predicted molar refractivity (Wildman–Crippen MR) is 69.0 cm³/mol. The molecule has 0 atom stereocenters. The van der Waals surface area contributed by atoms with Gasteiger partial charge in [-0.25, -0.2) is 4.39 Å². The van der Waals surface area contributed by atoms with Crippen molar-refractivity contribution < 1.29 is 24.2 Å². The highest BCUT2D eigenvalue weighted by molar-refractivity contribution is 5.98. The number of carbonyl (C=O) groups excluding carboxylic acids is 1. The summed E-state index contributed by atoms with van der Waals surface area (Å²) in [4.78, 5) is 24.4. The number of aromatic hydroxyl groups is 1. The second-order valence-corrected chi connectivity index (χ2v) is 4.90. The summed E-state index contributed by atoms with van der Waals surface area (Å²) in [5.74, 6) is -3.23. The molecule has 0 radical (unpaired) electrons. The fourth-order valence-corrected chi connectivity index (χ4v) is 2.60. The summed E-state index contributed by atoms with van der Waals surface area (Å²) in [7, 11) is 0. The van der Waals surface area contributed by atoms with Crippen molar-refractivity contribution in [3.05, 3.63) is 29.6 Å². The zero-order valence-corrected chi connectivity index (χ0v) is 10.9. The first-order valence-corrected chi connectivity index (χ1v) is 6.51. The highest BCUT2D eigenvalue weighted by Gasteiger charge is 2.31. The lowest BCUT2D eigenvalue weighted by Crippen LogP contribution is -2.42. The van der Waals surface area contributed by atoms with E-state index in [0.717, 1.165) is 23.8 Å². The fraction of sp³-hybridized carbons (Fsp3) is 0.429. The van der Waals surface area contributed by atoms with E-state index in [1.54, 1.807) is 0 Å². The molecule has 0 saturated heterocycles. The van der Waals surface area contributed by atoms with Gasteiger partial charge in [0.25, 0.3) is 5.91 Å². The first kappa shape index (κ1) is 14.3. The van der Waals surface area contributed by atoms with E-state index in [9.17, 15) is 19.1 Å². The Morgan fingerprint density at radius 1 is 1.30 bits per heavy atom. The number of aliphatic carboxylic acids is 1. The van der Waals surface area contributed by atoms with Crippen molar-refractivity contribution in [1.29, 1.82) is 0 Å². The van der Waals surface area contributed by atoms with Crippen LogP contribution in [-0.2, 0) is 4.79 Å². The zero-order valence-electron chi connectivity index (χ0n) is 10.9. The van der Waals surface area contributed by atoms with E-state index in [-0.39, 0.29) is 6.04 Å². The number of nitrogens with zero attached hydrogens (tertiary/aromatic N) is 1. The Balaban J connectivity index is 2.32. The van der Waals surface area contributed by atoms with Gasteiger partial charge in [-0.3, -0.25) is 9.59 Å². The van der Waals surface area contributed by atoms with Gasteiger partial charge in [0.15, 0.2) is 0 Å². The van der Waals surface area contributed by atoms with Crippen LogP contribution >= 0.6 is 0 Å². The van der Waals surface area contributed by atoms with Crippen molar-refractivity contribution in [2.24, 2.45) is 0 Å². The van der Waals surface area contributed by atoms with Gasteiger partial charge in [0.05, 0.1) is 0 Å². The molecule has 1 aromatic carbocycles. The number of hydrogen-bond donors (Lipinski definition) is 2. The van der Waals surface area contributed by atoms with Gasteiger partial charge < -0.3 is 15.1 Å². The number of phenols is 1. The van der Waals surface area contributed by atoms with Gasteiger partial charge in [0.1, 0.15) is 23.7 Å². The van der Waals surface area contributed by atoms with Gasteiger partial charge in [-0.1, -0.05) is 18.9 Å². The highest BCUT2D eigenvalue weighted by atomic mass is 19.1. The van der Waals surface area contributed by atoms with Crippen LogP contribution in [0.4, 0.5) is 4.39 Å². The van der Waals surface area contributed by atoms with Crippen LogP contribution in [0.2, 0.25) is 0 Å². The molecule has 1 aliphatic carbocycles. The molecule has 0 aromatic heterocycles. The molecule has 1 saturated carbocycles. The summed E-state index contributed by atoms with van der Waals surface area (Å²) < 4.78 is 13.7. The molecule has 0 aliphatic heterocycles. The van der Waals surface area contributed by atoms with Gasteiger partial charge in [-0.2, -0.15) is 0 Å². The van der Waals surface area contributed by atoms with Crippen molar-refractivity contribution in [1.82, 2.24) is 4.90 Å². The molecule has 1 amide bonds. The number of carbonyl (C=O) groups is 2. The van der Waals surface area contributed by atoms with Crippen LogP contribution in [0, 0.1) is 5.82 Å². The average Bonchev–Trinajstić information content (AvgIpc) is 2.88. The topological polar surface area (TPSA) is 77.8 Å². The van der Waals surface area contributed by atoms with Crippen molar-refractivity contribution in [2.45, 2.75) is 31.7 Å².